The van der Waals surface area contributed by atoms with Gasteiger partial charge in [-0.25, -0.2) is 4.79 Å². The van der Waals surface area contributed by atoms with Crippen molar-refractivity contribution in [3.63, 3.8) is 0 Å². The molecule has 0 atom stereocenters. The third-order valence-electron chi connectivity index (χ3n) is 6.37. The van der Waals surface area contributed by atoms with Gasteiger partial charge >= 0.3 is 24.4 Å². The second kappa shape index (κ2) is 10.2. The molecule has 0 aliphatic carbocycles. The molecule has 2 aliphatic rings. The summed E-state index contributed by atoms with van der Waals surface area (Å²) in [7, 11) is 0. The number of alkyl halides is 6. The van der Waals surface area contributed by atoms with Crippen LogP contribution in [0.3, 0.4) is 0 Å². The monoisotopic (exact) mass is 512 g/mol. The summed E-state index contributed by atoms with van der Waals surface area (Å²) >= 11 is 0. The third kappa shape index (κ3) is 6.18. The van der Waals surface area contributed by atoms with Crippen molar-refractivity contribution in [2.75, 3.05) is 39.4 Å². The standard InChI is InChI=1S/C22H26F6N2O5/c1-14-2-3-15(16(12-14)20(18(31)32)4-10-34-11-5-20)13-29-6-8-30(9-7-29)19(33)35-17(21(23,24)25)22(26,27)28/h2-3,12,17H,4-11,13H2,1H3,(H,31,32). The van der Waals surface area contributed by atoms with E-state index in [2.05, 4.69) is 4.74 Å². The number of benzene rings is 1. The van der Waals surface area contributed by atoms with Crippen molar-refractivity contribution >= 4 is 12.1 Å². The van der Waals surface area contributed by atoms with E-state index in [1.165, 1.54) is 0 Å². The number of aryl methyl sites for hydroxylation is 1. The van der Waals surface area contributed by atoms with E-state index in [-0.39, 0.29) is 26.2 Å². The van der Waals surface area contributed by atoms with Crippen LogP contribution in [0.15, 0.2) is 18.2 Å². The molecule has 0 aromatic heterocycles. The number of carboxylic acid groups (broad SMARTS) is 1. The molecular weight excluding hydrogens is 486 g/mol. The summed E-state index contributed by atoms with van der Waals surface area (Å²) in [6, 6.07) is 5.50. The maximum absolute atomic E-state index is 12.7. The molecule has 1 aromatic rings. The second-order valence-corrected chi connectivity index (χ2v) is 8.77. The van der Waals surface area contributed by atoms with Crippen LogP contribution in [0.2, 0.25) is 0 Å². The van der Waals surface area contributed by atoms with Crippen molar-refractivity contribution in [2.45, 2.75) is 50.2 Å². The first-order valence-corrected chi connectivity index (χ1v) is 11.0. The second-order valence-electron chi connectivity index (χ2n) is 8.77. The quantitative estimate of drug-likeness (QED) is 0.604. The van der Waals surface area contributed by atoms with Crippen LogP contribution in [0.5, 0.6) is 0 Å². The molecule has 13 heteroatoms. The molecular formula is C22H26F6N2O5. The summed E-state index contributed by atoms with van der Waals surface area (Å²) in [6.07, 6.45) is -16.8. The first-order chi connectivity index (χ1) is 16.2. The summed E-state index contributed by atoms with van der Waals surface area (Å²) in [4.78, 5) is 26.9. The van der Waals surface area contributed by atoms with Crippen LogP contribution in [0, 0.1) is 6.92 Å². The van der Waals surface area contributed by atoms with Gasteiger partial charge in [0, 0.05) is 45.9 Å². The lowest BCUT2D eigenvalue weighted by atomic mass is 9.72. The van der Waals surface area contributed by atoms with Crippen molar-refractivity contribution in [1.29, 1.82) is 0 Å². The fraction of sp³-hybridized carbons (Fsp3) is 0.636. The Hall–Kier alpha value is -2.54. The third-order valence-corrected chi connectivity index (χ3v) is 6.37. The SMILES string of the molecule is Cc1ccc(CN2CCN(C(=O)OC(C(F)(F)F)C(F)(F)F)CC2)c(C2(C(=O)O)CCOCC2)c1. The van der Waals surface area contributed by atoms with Crippen molar-refractivity contribution in [2.24, 2.45) is 0 Å². The topological polar surface area (TPSA) is 79.3 Å². The highest BCUT2D eigenvalue weighted by Crippen LogP contribution is 2.39. The summed E-state index contributed by atoms with van der Waals surface area (Å²) in [6.45, 7) is 2.81. The van der Waals surface area contributed by atoms with Crippen molar-refractivity contribution in [3.8, 4) is 0 Å². The predicted octanol–water partition coefficient (Wildman–Crippen LogP) is 3.88. The van der Waals surface area contributed by atoms with Crippen LogP contribution in [-0.2, 0) is 26.2 Å². The van der Waals surface area contributed by atoms with Gasteiger partial charge in [-0.05, 0) is 30.9 Å². The molecule has 2 fully saturated rings. The minimum Gasteiger partial charge on any atom is -0.481 e. The number of rotatable bonds is 5. The van der Waals surface area contributed by atoms with Gasteiger partial charge in [-0.15, -0.1) is 0 Å². The average molecular weight is 512 g/mol. The lowest BCUT2D eigenvalue weighted by molar-refractivity contribution is -0.308. The summed E-state index contributed by atoms with van der Waals surface area (Å²) in [5, 5.41) is 10.1. The lowest BCUT2D eigenvalue weighted by Gasteiger charge is -2.38. The van der Waals surface area contributed by atoms with Crippen molar-refractivity contribution in [1.82, 2.24) is 9.80 Å². The van der Waals surface area contributed by atoms with E-state index in [0.29, 0.717) is 38.2 Å². The molecule has 0 unspecified atom stereocenters. The van der Waals surface area contributed by atoms with E-state index < -0.39 is 35.9 Å². The molecule has 0 spiro atoms. The van der Waals surface area contributed by atoms with Crippen LogP contribution >= 0.6 is 0 Å². The van der Waals surface area contributed by atoms with Crippen molar-refractivity contribution < 1.29 is 50.5 Å². The Morgan fingerprint density at radius 3 is 2.14 bits per heavy atom. The number of hydrogen-bond donors (Lipinski definition) is 1. The summed E-state index contributed by atoms with van der Waals surface area (Å²) in [5.41, 5.74) is 1.18. The Morgan fingerprint density at radius 1 is 1.06 bits per heavy atom. The van der Waals surface area contributed by atoms with Crippen LogP contribution < -0.4 is 0 Å². The largest absolute Gasteiger partial charge is 0.481 e. The van der Waals surface area contributed by atoms with Crippen LogP contribution in [0.25, 0.3) is 0 Å². The Kier molecular flexibility index (Phi) is 7.89. The number of halogens is 6. The highest BCUT2D eigenvalue weighted by atomic mass is 19.4. The summed E-state index contributed by atoms with van der Waals surface area (Å²) < 4.78 is 85.2. The van der Waals surface area contributed by atoms with Gasteiger partial charge in [-0.1, -0.05) is 23.8 Å². The van der Waals surface area contributed by atoms with E-state index in [1.807, 2.05) is 30.0 Å². The predicted molar refractivity (Wildman–Crippen MR) is 110 cm³/mol. The van der Waals surface area contributed by atoms with Gasteiger partial charge in [0.2, 0.25) is 0 Å². The highest BCUT2D eigenvalue weighted by molar-refractivity contribution is 5.82. The Morgan fingerprint density at radius 2 is 1.63 bits per heavy atom. The fourth-order valence-corrected chi connectivity index (χ4v) is 4.42. The molecule has 0 radical (unpaired) electrons. The molecule has 1 amide bonds. The van der Waals surface area contributed by atoms with Gasteiger partial charge < -0.3 is 19.5 Å². The zero-order chi connectivity index (χ0) is 26.0. The number of carboxylic acids is 1. The molecule has 196 valence electrons. The maximum atomic E-state index is 12.7. The minimum absolute atomic E-state index is 0.139. The Labute approximate surface area is 197 Å². The first-order valence-electron chi connectivity index (χ1n) is 11.0. The fourth-order valence-electron chi connectivity index (χ4n) is 4.42. The number of aliphatic carboxylic acids is 1. The maximum Gasteiger partial charge on any atom is 0.434 e. The van der Waals surface area contributed by atoms with E-state index in [9.17, 15) is 41.0 Å². The Balaban J connectivity index is 1.69. The molecule has 0 saturated carbocycles. The molecule has 1 N–H and O–H groups in total. The number of ether oxygens (including phenoxy) is 2. The number of carbonyl (C=O) groups excluding carboxylic acids is 1. The zero-order valence-corrected chi connectivity index (χ0v) is 18.9. The van der Waals surface area contributed by atoms with Crippen LogP contribution in [0.1, 0.15) is 29.5 Å². The lowest BCUT2D eigenvalue weighted by Crippen LogP contribution is -2.52. The number of piperazine rings is 1. The number of carbonyl (C=O) groups is 2. The van der Waals surface area contributed by atoms with Gasteiger partial charge in [0.1, 0.15) is 0 Å². The van der Waals surface area contributed by atoms with Gasteiger partial charge in [0.15, 0.2) is 0 Å². The van der Waals surface area contributed by atoms with Crippen LogP contribution in [0.4, 0.5) is 31.1 Å². The normalized spacial score (nSPS) is 19.6. The van der Waals surface area contributed by atoms with E-state index in [4.69, 9.17) is 4.74 Å². The Bertz CT molecular complexity index is 908. The molecule has 35 heavy (non-hydrogen) atoms. The van der Waals surface area contributed by atoms with Gasteiger partial charge in [0.25, 0.3) is 6.10 Å². The van der Waals surface area contributed by atoms with Crippen LogP contribution in [-0.4, -0.2) is 84.8 Å². The van der Waals surface area contributed by atoms with Gasteiger partial charge in [-0.3, -0.25) is 9.69 Å². The average Bonchev–Trinajstić information content (AvgIpc) is 2.77. The molecule has 0 bridgehead atoms. The molecule has 7 nitrogen and oxygen atoms in total. The first kappa shape index (κ1) is 27.1. The minimum atomic E-state index is -5.78. The molecule has 1 aromatic carbocycles. The molecule has 2 saturated heterocycles. The van der Waals surface area contributed by atoms with E-state index in [0.717, 1.165) is 16.0 Å². The highest BCUT2D eigenvalue weighted by Gasteiger charge is 2.60. The van der Waals surface area contributed by atoms with Gasteiger partial charge in [-0.2, -0.15) is 26.3 Å². The van der Waals surface area contributed by atoms with Crippen molar-refractivity contribution in [3.05, 3.63) is 34.9 Å². The molecule has 2 aliphatic heterocycles. The summed E-state index contributed by atoms with van der Waals surface area (Å²) in [5.74, 6) is -0.955. The number of hydrogen-bond acceptors (Lipinski definition) is 5. The van der Waals surface area contributed by atoms with E-state index in [1.54, 1.807) is 0 Å². The number of amides is 1. The molecule has 3 rings (SSSR count). The zero-order valence-electron chi connectivity index (χ0n) is 18.9. The smallest absolute Gasteiger partial charge is 0.434 e. The molecule has 2 heterocycles. The van der Waals surface area contributed by atoms with E-state index >= 15 is 0 Å². The number of nitrogens with zero attached hydrogens (tertiary/aromatic N) is 2. The van der Waals surface area contributed by atoms with Gasteiger partial charge in [0.05, 0.1) is 5.41 Å².